The van der Waals surface area contributed by atoms with Crippen molar-refractivity contribution in [3.63, 3.8) is 0 Å². The zero-order chi connectivity index (χ0) is 17.4. The smallest absolute Gasteiger partial charge is 0.242 e. The summed E-state index contributed by atoms with van der Waals surface area (Å²) in [6.07, 6.45) is 0.454. The Balaban J connectivity index is 1.72. The van der Waals surface area contributed by atoms with Gasteiger partial charge in [-0.15, -0.1) is 0 Å². The highest BCUT2D eigenvalue weighted by molar-refractivity contribution is 7.80. The van der Waals surface area contributed by atoms with Gasteiger partial charge in [-0.25, -0.2) is 0 Å². The number of carbonyl (C=O) groups excluding carboxylic acids is 2. The van der Waals surface area contributed by atoms with Crippen LogP contribution in [0, 0.1) is 6.92 Å². The van der Waals surface area contributed by atoms with Gasteiger partial charge in [0.05, 0.1) is 12.8 Å². The second-order valence-corrected chi connectivity index (χ2v) is 5.79. The Bertz CT molecular complexity index is 732. The highest BCUT2D eigenvalue weighted by atomic mass is 32.1. The minimum Gasteiger partial charge on any atom is -0.302 e. The predicted octanol–water partition coefficient (Wildman–Crippen LogP) is 1.80. The molecule has 5 nitrogen and oxygen atoms in total. The molecular formula is C18H19N3O2S. The standard InChI is InChI=1S/C18H19N3O2S/c1-13-6-5-9-15(10-13)12-17(23)20-21-18(24)19-16(22)11-14-7-3-2-4-8-14/h2-10H,11-12H2,1H3,(H,20,23)(H2,19,21,22,24). The summed E-state index contributed by atoms with van der Waals surface area (Å²) >= 11 is 4.99. The number of carbonyl (C=O) groups is 2. The van der Waals surface area contributed by atoms with Crippen LogP contribution in [0.5, 0.6) is 0 Å². The van der Waals surface area contributed by atoms with Crippen molar-refractivity contribution in [2.45, 2.75) is 19.8 Å². The fourth-order valence-electron chi connectivity index (χ4n) is 2.16. The van der Waals surface area contributed by atoms with Crippen molar-refractivity contribution in [2.75, 3.05) is 0 Å². The highest BCUT2D eigenvalue weighted by Gasteiger charge is 2.07. The van der Waals surface area contributed by atoms with Crippen molar-refractivity contribution in [3.8, 4) is 0 Å². The lowest BCUT2D eigenvalue weighted by Crippen LogP contribution is -2.49. The average Bonchev–Trinajstić information content (AvgIpc) is 2.54. The number of benzene rings is 2. The van der Waals surface area contributed by atoms with E-state index in [0.717, 1.165) is 16.7 Å². The number of thiocarbonyl (C=S) groups is 1. The third-order valence-electron chi connectivity index (χ3n) is 3.22. The van der Waals surface area contributed by atoms with Crippen LogP contribution >= 0.6 is 12.2 Å². The molecule has 0 saturated heterocycles. The molecule has 6 heteroatoms. The lowest BCUT2D eigenvalue weighted by molar-refractivity contribution is -0.121. The highest BCUT2D eigenvalue weighted by Crippen LogP contribution is 2.04. The Morgan fingerprint density at radius 1 is 0.875 bits per heavy atom. The molecule has 3 N–H and O–H groups in total. The molecule has 0 fully saturated rings. The van der Waals surface area contributed by atoms with Gasteiger partial charge in [-0.2, -0.15) is 0 Å². The molecule has 0 spiro atoms. The molecule has 2 aromatic rings. The minimum absolute atomic E-state index is 0.0634. The summed E-state index contributed by atoms with van der Waals surface area (Å²) in [5.41, 5.74) is 7.90. The summed E-state index contributed by atoms with van der Waals surface area (Å²) in [6, 6.07) is 17.0. The molecule has 0 heterocycles. The normalized spacial score (nSPS) is 9.88. The van der Waals surface area contributed by atoms with E-state index in [9.17, 15) is 9.59 Å². The molecule has 124 valence electrons. The quantitative estimate of drug-likeness (QED) is 0.586. The fraction of sp³-hybridized carbons (Fsp3) is 0.167. The van der Waals surface area contributed by atoms with E-state index in [0.29, 0.717) is 0 Å². The maximum Gasteiger partial charge on any atom is 0.242 e. The van der Waals surface area contributed by atoms with E-state index in [4.69, 9.17) is 12.2 Å². The monoisotopic (exact) mass is 341 g/mol. The zero-order valence-electron chi connectivity index (χ0n) is 13.3. The first-order valence-corrected chi connectivity index (χ1v) is 7.92. The van der Waals surface area contributed by atoms with Crippen LogP contribution in [0.2, 0.25) is 0 Å². The van der Waals surface area contributed by atoms with Gasteiger partial charge in [0.1, 0.15) is 0 Å². The predicted molar refractivity (Wildman–Crippen MR) is 97.0 cm³/mol. The van der Waals surface area contributed by atoms with Gasteiger partial charge < -0.3 is 5.32 Å². The Kier molecular flexibility index (Phi) is 6.45. The summed E-state index contributed by atoms with van der Waals surface area (Å²) in [4.78, 5) is 23.7. The summed E-state index contributed by atoms with van der Waals surface area (Å²) in [5.74, 6) is -0.480. The number of aryl methyl sites for hydroxylation is 1. The van der Waals surface area contributed by atoms with E-state index in [2.05, 4.69) is 16.2 Å². The largest absolute Gasteiger partial charge is 0.302 e. The summed E-state index contributed by atoms with van der Waals surface area (Å²) in [6.45, 7) is 1.97. The zero-order valence-corrected chi connectivity index (χ0v) is 14.2. The molecule has 2 rings (SSSR count). The molecule has 0 bridgehead atoms. The Hall–Kier alpha value is -2.73. The Morgan fingerprint density at radius 2 is 1.54 bits per heavy atom. The van der Waals surface area contributed by atoms with E-state index in [1.807, 2.05) is 61.5 Å². The molecule has 0 radical (unpaired) electrons. The van der Waals surface area contributed by atoms with E-state index >= 15 is 0 Å². The molecule has 0 atom stereocenters. The second-order valence-electron chi connectivity index (χ2n) is 5.38. The van der Waals surface area contributed by atoms with E-state index in [-0.39, 0.29) is 29.8 Å². The van der Waals surface area contributed by atoms with Crippen molar-refractivity contribution >= 4 is 29.1 Å². The third kappa shape index (κ3) is 6.18. The molecule has 0 aliphatic rings. The summed E-state index contributed by atoms with van der Waals surface area (Å²) in [5, 5.41) is 2.59. The minimum atomic E-state index is -0.244. The van der Waals surface area contributed by atoms with Gasteiger partial charge >= 0.3 is 0 Å². The lowest BCUT2D eigenvalue weighted by Gasteiger charge is -2.11. The van der Waals surface area contributed by atoms with Crippen molar-refractivity contribution in [1.82, 2.24) is 16.2 Å². The maximum atomic E-state index is 11.9. The molecule has 0 aromatic heterocycles. The number of hydrogen-bond acceptors (Lipinski definition) is 3. The maximum absolute atomic E-state index is 11.9. The van der Waals surface area contributed by atoms with Gasteiger partial charge in [0.15, 0.2) is 5.11 Å². The molecular weight excluding hydrogens is 322 g/mol. The van der Waals surface area contributed by atoms with Crippen molar-refractivity contribution < 1.29 is 9.59 Å². The first-order chi connectivity index (χ1) is 11.5. The van der Waals surface area contributed by atoms with Crippen molar-refractivity contribution in [2.24, 2.45) is 0 Å². The van der Waals surface area contributed by atoms with Crippen LogP contribution in [0.1, 0.15) is 16.7 Å². The first-order valence-electron chi connectivity index (χ1n) is 7.51. The summed E-state index contributed by atoms with van der Waals surface area (Å²) < 4.78 is 0. The molecule has 24 heavy (non-hydrogen) atoms. The molecule has 2 aromatic carbocycles. The SMILES string of the molecule is Cc1cccc(CC(=O)NNC(=S)NC(=O)Cc2ccccc2)c1. The fourth-order valence-corrected chi connectivity index (χ4v) is 2.33. The van der Waals surface area contributed by atoms with Crippen molar-refractivity contribution in [3.05, 3.63) is 71.3 Å². The van der Waals surface area contributed by atoms with Crippen LogP contribution < -0.4 is 16.2 Å². The van der Waals surface area contributed by atoms with Gasteiger partial charge in [0.25, 0.3) is 0 Å². The summed E-state index contributed by atoms with van der Waals surface area (Å²) in [7, 11) is 0. The average molecular weight is 341 g/mol. The van der Waals surface area contributed by atoms with E-state index < -0.39 is 0 Å². The molecule has 2 amide bonds. The molecule has 0 aliphatic carbocycles. The molecule has 0 saturated carbocycles. The van der Waals surface area contributed by atoms with Crippen LogP contribution in [0.25, 0.3) is 0 Å². The second kappa shape index (κ2) is 8.79. The van der Waals surface area contributed by atoms with Crippen LogP contribution in [-0.2, 0) is 22.4 Å². The topological polar surface area (TPSA) is 70.2 Å². The van der Waals surface area contributed by atoms with Crippen LogP contribution in [0.15, 0.2) is 54.6 Å². The van der Waals surface area contributed by atoms with E-state index in [1.54, 1.807) is 0 Å². The number of hydrazine groups is 1. The Morgan fingerprint density at radius 3 is 2.25 bits per heavy atom. The van der Waals surface area contributed by atoms with Crippen LogP contribution in [0.3, 0.4) is 0 Å². The number of amides is 2. The first kappa shape index (κ1) is 17.6. The molecule has 0 aliphatic heterocycles. The van der Waals surface area contributed by atoms with Gasteiger partial charge in [0.2, 0.25) is 11.8 Å². The van der Waals surface area contributed by atoms with Gasteiger partial charge in [-0.05, 0) is 30.3 Å². The number of rotatable bonds is 4. The molecule has 0 unspecified atom stereocenters. The van der Waals surface area contributed by atoms with E-state index in [1.165, 1.54) is 0 Å². The van der Waals surface area contributed by atoms with Crippen LogP contribution in [-0.4, -0.2) is 16.9 Å². The third-order valence-corrected chi connectivity index (χ3v) is 3.43. The Labute approximate surface area is 146 Å². The van der Waals surface area contributed by atoms with Gasteiger partial charge in [-0.1, -0.05) is 60.2 Å². The van der Waals surface area contributed by atoms with Crippen LogP contribution in [0.4, 0.5) is 0 Å². The van der Waals surface area contributed by atoms with Gasteiger partial charge in [0, 0.05) is 0 Å². The van der Waals surface area contributed by atoms with Crippen molar-refractivity contribution in [1.29, 1.82) is 0 Å². The van der Waals surface area contributed by atoms with Gasteiger partial charge in [-0.3, -0.25) is 20.4 Å². The number of hydrogen-bond donors (Lipinski definition) is 3. The number of nitrogens with one attached hydrogen (secondary N) is 3. The lowest BCUT2D eigenvalue weighted by atomic mass is 10.1.